The third-order valence-electron chi connectivity index (χ3n) is 3.91. The topological polar surface area (TPSA) is 47.6 Å². The average molecular weight is 401 g/mol. The van der Waals surface area contributed by atoms with Gasteiger partial charge in [-0.1, -0.05) is 48.5 Å². The minimum absolute atomic E-state index is 0.0464. The van der Waals surface area contributed by atoms with Crippen LogP contribution in [0.2, 0.25) is 0 Å². The van der Waals surface area contributed by atoms with Gasteiger partial charge in [0, 0.05) is 11.8 Å². The zero-order valence-electron chi connectivity index (χ0n) is 15.3. The van der Waals surface area contributed by atoms with Crippen molar-refractivity contribution in [1.29, 1.82) is 0 Å². The first-order valence-electron chi connectivity index (χ1n) is 8.83. The number of amides is 1. The van der Waals surface area contributed by atoms with Gasteiger partial charge in [-0.15, -0.1) is 13.2 Å². The fourth-order valence-electron chi connectivity index (χ4n) is 2.63. The van der Waals surface area contributed by atoms with Crippen molar-refractivity contribution >= 4 is 11.6 Å². The van der Waals surface area contributed by atoms with E-state index in [0.717, 1.165) is 23.3 Å². The second-order valence-corrected chi connectivity index (χ2v) is 6.11. The maximum atomic E-state index is 12.3. The summed E-state index contributed by atoms with van der Waals surface area (Å²) in [5.74, 6) is -0.154. The Kier molecular flexibility index (Phi) is 6.39. The summed E-state index contributed by atoms with van der Waals surface area (Å²) in [6.45, 7) is 0.134. The van der Waals surface area contributed by atoms with Crippen LogP contribution in [0.5, 0.6) is 11.5 Å². The average Bonchev–Trinajstić information content (AvgIpc) is 2.68. The number of rotatable bonds is 7. The molecule has 0 unspecified atom stereocenters. The van der Waals surface area contributed by atoms with Crippen LogP contribution in [0.1, 0.15) is 6.42 Å². The maximum absolute atomic E-state index is 12.3. The van der Waals surface area contributed by atoms with E-state index in [9.17, 15) is 18.0 Å². The zero-order valence-corrected chi connectivity index (χ0v) is 15.3. The van der Waals surface area contributed by atoms with Gasteiger partial charge in [-0.3, -0.25) is 4.79 Å². The standard InChI is InChI=1S/C22H18F3NO3/c23-22(24,25)29-20-8-4-7-18(15-20)26-21(27)13-14-28-19-11-9-17(10-12-19)16-5-2-1-3-6-16/h1-12,15H,13-14H2,(H,26,27). The minimum atomic E-state index is -4.79. The van der Waals surface area contributed by atoms with Gasteiger partial charge in [0.05, 0.1) is 13.0 Å². The molecule has 1 N–H and O–H groups in total. The zero-order chi connectivity index (χ0) is 20.7. The highest BCUT2D eigenvalue weighted by molar-refractivity contribution is 5.90. The van der Waals surface area contributed by atoms with Crippen molar-refractivity contribution in [2.75, 3.05) is 11.9 Å². The molecule has 7 heteroatoms. The lowest BCUT2D eigenvalue weighted by Crippen LogP contribution is -2.18. The number of nitrogens with one attached hydrogen (secondary N) is 1. The molecule has 0 aliphatic heterocycles. The summed E-state index contributed by atoms with van der Waals surface area (Å²) in [6, 6.07) is 22.5. The normalized spacial score (nSPS) is 11.0. The van der Waals surface area contributed by atoms with Crippen molar-refractivity contribution in [2.45, 2.75) is 12.8 Å². The van der Waals surface area contributed by atoms with Gasteiger partial charge in [0.25, 0.3) is 0 Å². The molecule has 0 radical (unpaired) electrons. The van der Waals surface area contributed by atoms with Crippen molar-refractivity contribution in [2.24, 2.45) is 0 Å². The van der Waals surface area contributed by atoms with E-state index >= 15 is 0 Å². The Bertz CT molecular complexity index is 942. The second kappa shape index (κ2) is 9.14. The molecule has 3 rings (SSSR count). The van der Waals surface area contributed by atoms with Crippen molar-refractivity contribution < 1.29 is 27.4 Å². The third-order valence-corrected chi connectivity index (χ3v) is 3.91. The van der Waals surface area contributed by atoms with E-state index in [0.29, 0.717) is 5.75 Å². The molecular weight excluding hydrogens is 383 g/mol. The first kappa shape index (κ1) is 20.3. The van der Waals surface area contributed by atoms with Gasteiger partial charge in [-0.05, 0) is 35.4 Å². The number of hydrogen-bond acceptors (Lipinski definition) is 3. The Labute approximate surface area is 165 Å². The van der Waals surface area contributed by atoms with Crippen molar-refractivity contribution in [3.8, 4) is 22.6 Å². The molecule has 0 saturated carbocycles. The van der Waals surface area contributed by atoms with Crippen LogP contribution in [0.15, 0.2) is 78.9 Å². The van der Waals surface area contributed by atoms with E-state index in [2.05, 4.69) is 10.1 Å². The molecule has 0 fully saturated rings. The summed E-state index contributed by atoms with van der Waals surface area (Å²) in [5.41, 5.74) is 2.36. The van der Waals surface area contributed by atoms with E-state index in [4.69, 9.17) is 4.74 Å². The Morgan fingerprint density at radius 3 is 2.21 bits per heavy atom. The molecule has 0 aliphatic rings. The highest BCUT2D eigenvalue weighted by Gasteiger charge is 2.31. The summed E-state index contributed by atoms with van der Waals surface area (Å²) >= 11 is 0. The molecule has 0 saturated heterocycles. The van der Waals surface area contributed by atoms with Crippen LogP contribution in [0.25, 0.3) is 11.1 Å². The summed E-state index contributed by atoms with van der Waals surface area (Å²) in [6.07, 6.45) is -4.74. The monoisotopic (exact) mass is 401 g/mol. The second-order valence-electron chi connectivity index (χ2n) is 6.11. The van der Waals surface area contributed by atoms with Gasteiger partial charge >= 0.3 is 6.36 Å². The van der Waals surface area contributed by atoms with Crippen molar-refractivity contribution in [1.82, 2.24) is 0 Å². The summed E-state index contributed by atoms with van der Waals surface area (Å²) < 4.78 is 46.2. The van der Waals surface area contributed by atoms with Crippen molar-refractivity contribution in [3.63, 3.8) is 0 Å². The number of alkyl halides is 3. The van der Waals surface area contributed by atoms with Crippen LogP contribution in [0.3, 0.4) is 0 Å². The van der Waals surface area contributed by atoms with Gasteiger partial charge in [-0.2, -0.15) is 0 Å². The van der Waals surface area contributed by atoms with Gasteiger partial charge in [0.1, 0.15) is 11.5 Å². The fourth-order valence-corrected chi connectivity index (χ4v) is 2.63. The van der Waals surface area contributed by atoms with Crippen molar-refractivity contribution in [3.05, 3.63) is 78.9 Å². The van der Waals surface area contributed by atoms with Gasteiger partial charge in [0.2, 0.25) is 5.91 Å². The van der Waals surface area contributed by atoms with Gasteiger partial charge in [-0.25, -0.2) is 0 Å². The highest BCUT2D eigenvalue weighted by Crippen LogP contribution is 2.25. The third kappa shape index (κ3) is 6.57. The molecular formula is C22H18F3NO3. The molecule has 0 aromatic heterocycles. The van der Waals surface area contributed by atoms with Gasteiger partial charge in [0.15, 0.2) is 0 Å². The number of carbonyl (C=O) groups is 1. The van der Waals surface area contributed by atoms with E-state index in [1.165, 1.54) is 12.1 Å². The molecule has 0 bridgehead atoms. The lowest BCUT2D eigenvalue weighted by atomic mass is 10.1. The molecule has 3 aromatic rings. The Morgan fingerprint density at radius 1 is 0.828 bits per heavy atom. The molecule has 29 heavy (non-hydrogen) atoms. The first-order valence-corrected chi connectivity index (χ1v) is 8.83. The number of hydrogen-bond donors (Lipinski definition) is 1. The van der Waals surface area contributed by atoms with Crippen LogP contribution >= 0.6 is 0 Å². The van der Waals surface area contributed by atoms with Crippen LogP contribution in [0.4, 0.5) is 18.9 Å². The number of benzene rings is 3. The quantitative estimate of drug-likeness (QED) is 0.556. The van der Waals surface area contributed by atoms with Crippen LogP contribution in [-0.4, -0.2) is 18.9 Å². The van der Waals surface area contributed by atoms with Crippen LogP contribution in [-0.2, 0) is 4.79 Å². The van der Waals surface area contributed by atoms with E-state index in [1.807, 2.05) is 54.6 Å². The molecule has 0 spiro atoms. The number of ether oxygens (including phenoxy) is 2. The summed E-state index contributed by atoms with van der Waals surface area (Å²) in [5, 5.41) is 2.52. The molecule has 3 aromatic carbocycles. The van der Waals surface area contributed by atoms with E-state index < -0.39 is 12.1 Å². The smallest absolute Gasteiger partial charge is 0.493 e. The largest absolute Gasteiger partial charge is 0.573 e. The van der Waals surface area contributed by atoms with Crippen LogP contribution < -0.4 is 14.8 Å². The number of halogens is 3. The summed E-state index contributed by atoms with van der Waals surface area (Å²) in [4.78, 5) is 12.0. The minimum Gasteiger partial charge on any atom is -0.493 e. The molecule has 0 aliphatic carbocycles. The molecule has 150 valence electrons. The molecule has 0 heterocycles. The SMILES string of the molecule is O=C(CCOc1ccc(-c2ccccc2)cc1)Nc1cccc(OC(F)(F)F)c1. The Balaban J connectivity index is 1.47. The fraction of sp³-hybridized carbons (Fsp3) is 0.136. The Hall–Kier alpha value is -3.48. The van der Waals surface area contributed by atoms with E-state index in [1.54, 1.807) is 0 Å². The number of anilines is 1. The molecule has 1 amide bonds. The molecule has 0 atom stereocenters. The molecule has 4 nitrogen and oxygen atoms in total. The predicted octanol–water partition coefficient (Wildman–Crippen LogP) is 5.66. The first-order chi connectivity index (χ1) is 13.9. The highest BCUT2D eigenvalue weighted by atomic mass is 19.4. The predicted molar refractivity (Wildman–Crippen MR) is 104 cm³/mol. The maximum Gasteiger partial charge on any atom is 0.573 e. The lowest BCUT2D eigenvalue weighted by molar-refractivity contribution is -0.274. The van der Waals surface area contributed by atoms with Crippen LogP contribution in [0, 0.1) is 0 Å². The van der Waals surface area contributed by atoms with Gasteiger partial charge < -0.3 is 14.8 Å². The lowest BCUT2D eigenvalue weighted by Gasteiger charge is -2.11. The number of carbonyl (C=O) groups excluding carboxylic acids is 1. The summed E-state index contributed by atoms with van der Waals surface area (Å²) in [7, 11) is 0. The Morgan fingerprint density at radius 2 is 1.52 bits per heavy atom. The van der Waals surface area contributed by atoms with E-state index in [-0.39, 0.29) is 24.6 Å².